The Hall–Kier alpha value is -2.95. The number of hydrogen-bond donors (Lipinski definition) is 3. The van der Waals surface area contributed by atoms with Gasteiger partial charge in [-0.1, -0.05) is 60.7 Å². The first-order chi connectivity index (χ1) is 13.3. The highest BCUT2D eigenvalue weighted by atomic mass is 16.5. The number of hydroxylamine groups is 1. The van der Waals surface area contributed by atoms with Crippen molar-refractivity contribution in [3.63, 3.8) is 0 Å². The Morgan fingerprint density at radius 2 is 1.41 bits per heavy atom. The average Bonchev–Trinajstić information content (AvgIpc) is 2.89. The maximum absolute atomic E-state index is 11.5. The zero-order valence-electron chi connectivity index (χ0n) is 15.0. The molecule has 136 valence electrons. The van der Waals surface area contributed by atoms with Crippen molar-refractivity contribution in [3.05, 3.63) is 106 Å². The molecule has 0 bridgehead atoms. The number of aryl methyl sites for hydroxylation is 2. The van der Waals surface area contributed by atoms with E-state index in [0.29, 0.717) is 12.1 Å². The van der Waals surface area contributed by atoms with Crippen LogP contribution in [0.25, 0.3) is 0 Å². The molecule has 0 atom stereocenters. The number of carbonyl (C=O) groups is 1. The van der Waals surface area contributed by atoms with Crippen LogP contribution in [-0.2, 0) is 19.4 Å². The topological polar surface area (TPSA) is 61.4 Å². The Labute approximate surface area is 158 Å². The maximum Gasteiger partial charge on any atom is 0.274 e. The number of amides is 1. The molecule has 4 nitrogen and oxygen atoms in total. The molecule has 1 aliphatic rings. The smallest absolute Gasteiger partial charge is 0.274 e. The number of benzene rings is 3. The molecule has 0 spiro atoms. The van der Waals surface area contributed by atoms with Gasteiger partial charge in [0.2, 0.25) is 0 Å². The number of hydrogen-bond acceptors (Lipinski definition) is 3. The first-order valence-electron chi connectivity index (χ1n) is 9.18. The Kier molecular flexibility index (Phi) is 5.01. The quantitative estimate of drug-likeness (QED) is 0.491. The van der Waals surface area contributed by atoms with Crippen molar-refractivity contribution in [3.8, 4) is 0 Å². The van der Waals surface area contributed by atoms with Gasteiger partial charge in [-0.05, 0) is 52.8 Å². The molecule has 0 saturated heterocycles. The molecule has 0 unspecified atom stereocenters. The number of fused-ring (bicyclic) bond motifs is 2. The van der Waals surface area contributed by atoms with Crippen LogP contribution in [0.2, 0.25) is 0 Å². The molecule has 3 aromatic rings. The third-order valence-corrected chi connectivity index (χ3v) is 5.22. The summed E-state index contributed by atoms with van der Waals surface area (Å²) in [6, 6.07) is 24.7. The van der Waals surface area contributed by atoms with Gasteiger partial charge in [-0.2, -0.15) is 0 Å². The van der Waals surface area contributed by atoms with Gasteiger partial charge in [-0.15, -0.1) is 0 Å². The maximum atomic E-state index is 11.5. The lowest BCUT2D eigenvalue weighted by Crippen LogP contribution is -2.23. The largest absolute Gasteiger partial charge is 0.302 e. The molecular weight excluding hydrogens is 336 g/mol. The van der Waals surface area contributed by atoms with Gasteiger partial charge in [-0.3, -0.25) is 10.0 Å². The molecule has 4 rings (SSSR count). The molecule has 0 aromatic heterocycles. The minimum Gasteiger partial charge on any atom is -0.302 e. The van der Waals surface area contributed by atoms with Crippen LogP contribution in [-0.4, -0.2) is 11.1 Å². The van der Waals surface area contributed by atoms with Crippen LogP contribution in [0.15, 0.2) is 72.8 Å². The second-order valence-electron chi connectivity index (χ2n) is 6.85. The van der Waals surface area contributed by atoms with E-state index in [1.54, 1.807) is 17.6 Å². The van der Waals surface area contributed by atoms with E-state index in [4.69, 9.17) is 5.21 Å². The highest BCUT2D eigenvalue weighted by molar-refractivity contribution is 5.93. The standard InChI is InChI=1S/C23H22N2O2/c26-23(25-27)19-11-9-16(10-12-19)15-24-22-20-7-3-1-5-17(20)13-14-18-6-2-4-8-21(18)22/h1-12,22,24,27H,13-15H2,(H,25,26). The summed E-state index contributed by atoms with van der Waals surface area (Å²) in [7, 11) is 0. The van der Waals surface area contributed by atoms with Crippen molar-refractivity contribution in [1.82, 2.24) is 10.8 Å². The SMILES string of the molecule is O=C(NO)c1ccc(CNC2c3ccccc3CCc3ccccc32)cc1. The summed E-state index contributed by atoms with van der Waals surface area (Å²) in [5.41, 5.74) is 8.63. The molecular formula is C23H22N2O2. The molecule has 1 amide bonds. The Morgan fingerprint density at radius 3 is 1.96 bits per heavy atom. The van der Waals surface area contributed by atoms with Crippen LogP contribution in [0.5, 0.6) is 0 Å². The first kappa shape index (κ1) is 17.5. The lowest BCUT2D eigenvalue weighted by Gasteiger charge is -2.22. The number of nitrogens with one attached hydrogen (secondary N) is 2. The number of carbonyl (C=O) groups excluding carboxylic acids is 1. The molecule has 0 fully saturated rings. The van der Waals surface area contributed by atoms with Crippen LogP contribution < -0.4 is 10.8 Å². The summed E-state index contributed by atoms with van der Waals surface area (Å²) in [5, 5.41) is 12.4. The molecule has 4 heteroatoms. The third kappa shape index (κ3) is 3.63. The van der Waals surface area contributed by atoms with E-state index in [0.717, 1.165) is 18.4 Å². The summed E-state index contributed by atoms with van der Waals surface area (Å²) >= 11 is 0. The van der Waals surface area contributed by atoms with Crippen molar-refractivity contribution >= 4 is 5.91 Å². The fourth-order valence-corrected chi connectivity index (χ4v) is 3.80. The second-order valence-corrected chi connectivity index (χ2v) is 6.85. The molecule has 0 saturated carbocycles. The van der Waals surface area contributed by atoms with Gasteiger partial charge in [0.25, 0.3) is 5.91 Å². The monoisotopic (exact) mass is 358 g/mol. The van der Waals surface area contributed by atoms with Crippen LogP contribution in [0, 0.1) is 0 Å². The minimum absolute atomic E-state index is 0.139. The lowest BCUT2D eigenvalue weighted by atomic mass is 9.94. The van der Waals surface area contributed by atoms with Crippen molar-refractivity contribution in [2.75, 3.05) is 0 Å². The second kappa shape index (κ2) is 7.74. The minimum atomic E-state index is -0.499. The Morgan fingerprint density at radius 1 is 0.852 bits per heavy atom. The van der Waals surface area contributed by atoms with Crippen LogP contribution in [0.4, 0.5) is 0 Å². The molecule has 1 aliphatic carbocycles. The average molecular weight is 358 g/mol. The van der Waals surface area contributed by atoms with E-state index in [1.165, 1.54) is 22.3 Å². The van der Waals surface area contributed by atoms with Gasteiger partial charge in [0, 0.05) is 12.1 Å². The van der Waals surface area contributed by atoms with Crippen molar-refractivity contribution in [1.29, 1.82) is 0 Å². The molecule has 0 radical (unpaired) electrons. The van der Waals surface area contributed by atoms with E-state index in [-0.39, 0.29) is 6.04 Å². The normalized spacial score (nSPS) is 13.4. The predicted molar refractivity (Wildman–Crippen MR) is 105 cm³/mol. The van der Waals surface area contributed by atoms with Crippen LogP contribution in [0.1, 0.15) is 44.2 Å². The van der Waals surface area contributed by atoms with Gasteiger partial charge < -0.3 is 5.32 Å². The Balaban J connectivity index is 1.60. The van der Waals surface area contributed by atoms with Gasteiger partial charge in [0.05, 0.1) is 6.04 Å². The summed E-state index contributed by atoms with van der Waals surface area (Å²) in [6.07, 6.45) is 2.10. The molecule has 0 heterocycles. The summed E-state index contributed by atoms with van der Waals surface area (Å²) in [6.45, 7) is 0.689. The first-order valence-corrected chi connectivity index (χ1v) is 9.18. The fraction of sp³-hybridized carbons (Fsp3) is 0.174. The van der Waals surface area contributed by atoms with Crippen LogP contribution >= 0.6 is 0 Å². The zero-order valence-corrected chi connectivity index (χ0v) is 15.0. The van der Waals surface area contributed by atoms with E-state index >= 15 is 0 Å². The summed E-state index contributed by atoms with van der Waals surface area (Å²) < 4.78 is 0. The molecule has 27 heavy (non-hydrogen) atoms. The summed E-state index contributed by atoms with van der Waals surface area (Å²) in [4.78, 5) is 11.5. The van der Waals surface area contributed by atoms with E-state index in [1.807, 2.05) is 12.1 Å². The molecule has 3 aromatic carbocycles. The van der Waals surface area contributed by atoms with Gasteiger partial charge in [0.15, 0.2) is 0 Å². The van der Waals surface area contributed by atoms with Crippen LogP contribution in [0.3, 0.4) is 0 Å². The highest BCUT2D eigenvalue weighted by Crippen LogP contribution is 2.32. The van der Waals surface area contributed by atoms with E-state index < -0.39 is 5.91 Å². The van der Waals surface area contributed by atoms with E-state index in [2.05, 4.69) is 53.8 Å². The zero-order chi connectivity index (χ0) is 18.6. The third-order valence-electron chi connectivity index (χ3n) is 5.22. The lowest BCUT2D eigenvalue weighted by molar-refractivity contribution is 0.0706. The van der Waals surface area contributed by atoms with Crippen molar-refractivity contribution in [2.45, 2.75) is 25.4 Å². The highest BCUT2D eigenvalue weighted by Gasteiger charge is 2.22. The van der Waals surface area contributed by atoms with Crippen molar-refractivity contribution in [2.24, 2.45) is 0 Å². The van der Waals surface area contributed by atoms with Crippen molar-refractivity contribution < 1.29 is 10.0 Å². The van der Waals surface area contributed by atoms with Gasteiger partial charge in [0.1, 0.15) is 0 Å². The predicted octanol–water partition coefficient (Wildman–Crippen LogP) is 3.78. The van der Waals surface area contributed by atoms with E-state index in [9.17, 15) is 4.79 Å². The van der Waals surface area contributed by atoms with Gasteiger partial charge >= 0.3 is 0 Å². The fourth-order valence-electron chi connectivity index (χ4n) is 3.80. The molecule has 0 aliphatic heterocycles. The number of rotatable bonds is 4. The Bertz CT molecular complexity index is 903. The summed E-state index contributed by atoms with van der Waals surface area (Å²) in [5.74, 6) is -0.499. The van der Waals surface area contributed by atoms with Gasteiger partial charge in [-0.25, -0.2) is 5.48 Å². The molecule has 3 N–H and O–H groups in total.